The van der Waals surface area contributed by atoms with E-state index in [-0.39, 0.29) is 16.9 Å². The highest BCUT2D eigenvalue weighted by Crippen LogP contribution is 2.30. The summed E-state index contributed by atoms with van der Waals surface area (Å²) in [6.07, 6.45) is 0.774. The van der Waals surface area contributed by atoms with E-state index in [9.17, 15) is 12.8 Å². The second kappa shape index (κ2) is 5.19. The van der Waals surface area contributed by atoms with Crippen molar-refractivity contribution in [3.8, 4) is 0 Å². The molecule has 0 radical (unpaired) electrons. The van der Waals surface area contributed by atoms with E-state index in [1.54, 1.807) is 6.92 Å². The van der Waals surface area contributed by atoms with E-state index in [4.69, 9.17) is 5.73 Å². The molecule has 1 aliphatic heterocycles. The van der Waals surface area contributed by atoms with Crippen LogP contribution >= 0.6 is 0 Å². The highest BCUT2D eigenvalue weighted by molar-refractivity contribution is 7.89. The molecule has 2 unspecified atom stereocenters. The Hall–Kier alpha value is -0.980. The molecule has 2 atom stereocenters. The van der Waals surface area contributed by atoms with Gasteiger partial charge in [0.15, 0.2) is 0 Å². The number of benzene rings is 1. The molecule has 0 aliphatic carbocycles. The Morgan fingerprint density at radius 1 is 1.47 bits per heavy atom. The fourth-order valence-electron chi connectivity index (χ4n) is 2.64. The van der Waals surface area contributed by atoms with E-state index >= 15 is 0 Å². The lowest BCUT2D eigenvalue weighted by atomic mass is 10.1. The Balaban J connectivity index is 2.37. The highest BCUT2D eigenvalue weighted by atomic mass is 32.2. The van der Waals surface area contributed by atoms with Crippen molar-refractivity contribution < 1.29 is 12.8 Å². The average molecular weight is 286 g/mol. The molecule has 106 valence electrons. The van der Waals surface area contributed by atoms with Gasteiger partial charge in [-0.15, -0.1) is 0 Å². The zero-order valence-corrected chi connectivity index (χ0v) is 12.0. The molecule has 1 aromatic carbocycles. The minimum absolute atomic E-state index is 0.0667. The lowest BCUT2D eigenvalue weighted by Gasteiger charge is -2.22. The van der Waals surface area contributed by atoms with Gasteiger partial charge >= 0.3 is 0 Å². The maximum Gasteiger partial charge on any atom is 0.243 e. The van der Waals surface area contributed by atoms with Gasteiger partial charge in [-0.25, -0.2) is 12.8 Å². The van der Waals surface area contributed by atoms with Crippen molar-refractivity contribution in [1.29, 1.82) is 0 Å². The van der Waals surface area contributed by atoms with Gasteiger partial charge in [0.1, 0.15) is 5.82 Å². The van der Waals surface area contributed by atoms with Crippen LogP contribution in [0, 0.1) is 18.7 Å². The minimum atomic E-state index is -3.57. The van der Waals surface area contributed by atoms with Gasteiger partial charge in [0, 0.05) is 12.6 Å². The number of aryl methyl sites for hydroxylation is 1. The topological polar surface area (TPSA) is 63.4 Å². The number of sulfonamides is 1. The maximum absolute atomic E-state index is 13.1. The van der Waals surface area contributed by atoms with E-state index in [0.717, 1.165) is 6.42 Å². The number of hydrogen-bond donors (Lipinski definition) is 1. The SMILES string of the molecule is Cc1cc(F)ccc1S(=O)(=O)N1CC(CN)CC1C. The number of halogens is 1. The molecule has 0 aromatic heterocycles. The van der Waals surface area contributed by atoms with Crippen LogP contribution in [0.5, 0.6) is 0 Å². The molecule has 0 saturated carbocycles. The van der Waals surface area contributed by atoms with Crippen LogP contribution < -0.4 is 5.73 Å². The Labute approximate surface area is 113 Å². The molecule has 19 heavy (non-hydrogen) atoms. The van der Waals surface area contributed by atoms with Gasteiger partial charge in [0.2, 0.25) is 10.0 Å². The van der Waals surface area contributed by atoms with Crippen LogP contribution in [0.3, 0.4) is 0 Å². The van der Waals surface area contributed by atoms with Crippen LogP contribution in [0.1, 0.15) is 18.9 Å². The maximum atomic E-state index is 13.1. The Bertz CT molecular complexity index is 574. The second-order valence-electron chi connectivity index (χ2n) is 5.17. The molecule has 4 nitrogen and oxygen atoms in total. The number of nitrogens with two attached hydrogens (primary N) is 1. The largest absolute Gasteiger partial charge is 0.330 e. The molecular formula is C13H19FN2O2S. The summed E-state index contributed by atoms with van der Waals surface area (Å²) in [5, 5.41) is 0. The first kappa shape index (κ1) is 14.4. The summed E-state index contributed by atoms with van der Waals surface area (Å²) in [5.74, 6) is -0.226. The third-order valence-corrected chi connectivity index (χ3v) is 5.80. The second-order valence-corrected chi connectivity index (χ2v) is 7.03. The van der Waals surface area contributed by atoms with Crippen LogP contribution in [-0.4, -0.2) is 31.9 Å². The third-order valence-electron chi connectivity index (χ3n) is 3.66. The zero-order valence-electron chi connectivity index (χ0n) is 11.1. The van der Waals surface area contributed by atoms with E-state index in [0.29, 0.717) is 18.7 Å². The molecule has 2 N–H and O–H groups in total. The number of nitrogens with zero attached hydrogens (tertiary/aromatic N) is 1. The number of rotatable bonds is 3. The van der Waals surface area contributed by atoms with Crippen molar-refractivity contribution in [2.24, 2.45) is 11.7 Å². The molecule has 0 spiro atoms. The number of hydrogen-bond acceptors (Lipinski definition) is 3. The first-order chi connectivity index (χ1) is 8.86. The van der Waals surface area contributed by atoms with Crippen molar-refractivity contribution >= 4 is 10.0 Å². The molecule has 1 heterocycles. The van der Waals surface area contributed by atoms with Gasteiger partial charge in [-0.1, -0.05) is 0 Å². The smallest absolute Gasteiger partial charge is 0.243 e. The molecule has 6 heteroatoms. The van der Waals surface area contributed by atoms with Crippen molar-refractivity contribution in [3.05, 3.63) is 29.6 Å². The molecule has 0 amide bonds. The highest BCUT2D eigenvalue weighted by Gasteiger charge is 2.37. The van der Waals surface area contributed by atoms with Gasteiger partial charge in [0.05, 0.1) is 4.90 Å². The lowest BCUT2D eigenvalue weighted by Crippen LogP contribution is -2.34. The average Bonchev–Trinajstić information content (AvgIpc) is 2.70. The van der Waals surface area contributed by atoms with E-state index in [1.807, 2.05) is 6.92 Å². The van der Waals surface area contributed by atoms with Gasteiger partial charge < -0.3 is 5.73 Å². The van der Waals surface area contributed by atoms with E-state index < -0.39 is 15.8 Å². The van der Waals surface area contributed by atoms with Crippen molar-refractivity contribution in [2.45, 2.75) is 31.2 Å². The van der Waals surface area contributed by atoms with Crippen molar-refractivity contribution in [1.82, 2.24) is 4.31 Å². The van der Waals surface area contributed by atoms with Gasteiger partial charge in [-0.2, -0.15) is 4.31 Å². The predicted molar refractivity (Wildman–Crippen MR) is 71.7 cm³/mol. The van der Waals surface area contributed by atoms with Gasteiger partial charge in [-0.05, 0) is 56.5 Å². The fraction of sp³-hybridized carbons (Fsp3) is 0.538. The normalized spacial score (nSPS) is 24.8. The molecule has 0 bridgehead atoms. The Kier molecular flexibility index (Phi) is 3.94. The quantitative estimate of drug-likeness (QED) is 0.915. The molecule has 1 aromatic rings. The summed E-state index contributed by atoms with van der Waals surface area (Å²) in [7, 11) is -3.57. The van der Waals surface area contributed by atoms with Crippen LogP contribution in [0.25, 0.3) is 0 Å². The summed E-state index contributed by atoms with van der Waals surface area (Å²) >= 11 is 0. The Morgan fingerprint density at radius 2 is 2.16 bits per heavy atom. The molecule has 1 saturated heterocycles. The van der Waals surface area contributed by atoms with Crippen molar-refractivity contribution in [2.75, 3.05) is 13.1 Å². The van der Waals surface area contributed by atoms with E-state index in [2.05, 4.69) is 0 Å². The summed E-state index contributed by atoms with van der Waals surface area (Å²) < 4.78 is 39.8. The monoisotopic (exact) mass is 286 g/mol. The van der Waals surface area contributed by atoms with Crippen LogP contribution in [-0.2, 0) is 10.0 Å². The van der Waals surface area contributed by atoms with Gasteiger partial charge in [-0.3, -0.25) is 0 Å². The standard InChI is InChI=1S/C13H19FN2O2S/c1-9-5-12(14)3-4-13(9)19(17,18)16-8-11(7-15)6-10(16)2/h3-5,10-11H,6-8,15H2,1-2H3. The molecule has 1 aliphatic rings. The van der Waals surface area contributed by atoms with Crippen LogP contribution in [0.4, 0.5) is 4.39 Å². The first-order valence-electron chi connectivity index (χ1n) is 6.34. The Morgan fingerprint density at radius 3 is 2.68 bits per heavy atom. The predicted octanol–water partition coefficient (Wildman–Crippen LogP) is 1.49. The van der Waals surface area contributed by atoms with Crippen LogP contribution in [0.15, 0.2) is 23.1 Å². The van der Waals surface area contributed by atoms with E-state index in [1.165, 1.54) is 22.5 Å². The summed E-state index contributed by atoms with van der Waals surface area (Å²) in [5.41, 5.74) is 6.05. The lowest BCUT2D eigenvalue weighted by molar-refractivity contribution is 0.404. The third kappa shape index (κ3) is 2.66. The zero-order chi connectivity index (χ0) is 14.2. The van der Waals surface area contributed by atoms with Gasteiger partial charge in [0.25, 0.3) is 0 Å². The first-order valence-corrected chi connectivity index (χ1v) is 7.78. The summed E-state index contributed by atoms with van der Waals surface area (Å²) in [4.78, 5) is 0.179. The van der Waals surface area contributed by atoms with Crippen molar-refractivity contribution in [3.63, 3.8) is 0 Å². The summed E-state index contributed by atoms with van der Waals surface area (Å²) in [6, 6.07) is 3.69. The minimum Gasteiger partial charge on any atom is -0.330 e. The molecule has 2 rings (SSSR count). The summed E-state index contributed by atoms with van der Waals surface area (Å²) in [6.45, 7) is 4.42. The molecule has 1 fully saturated rings. The molecular weight excluding hydrogens is 267 g/mol. The fourth-order valence-corrected chi connectivity index (χ4v) is 4.57. The van der Waals surface area contributed by atoms with Crippen LogP contribution in [0.2, 0.25) is 0 Å².